The lowest BCUT2D eigenvalue weighted by atomic mass is 9.83. The van der Waals surface area contributed by atoms with Crippen molar-refractivity contribution in [2.75, 3.05) is 20.1 Å². The lowest BCUT2D eigenvalue weighted by molar-refractivity contribution is 0.256. The molecule has 0 heterocycles. The Morgan fingerprint density at radius 1 is 1.10 bits per heavy atom. The van der Waals surface area contributed by atoms with E-state index < -0.39 is 0 Å². The topological polar surface area (TPSA) is 30.5 Å². The minimum absolute atomic E-state index is 0.104. The van der Waals surface area contributed by atoms with Gasteiger partial charge in [-0.05, 0) is 30.5 Å². The zero-order valence-corrected chi connectivity index (χ0v) is 13.1. The molecule has 0 unspecified atom stereocenters. The predicted octanol–water partition coefficient (Wildman–Crippen LogP) is 3.74. The van der Waals surface area contributed by atoms with Crippen LogP contribution in [-0.2, 0) is 6.54 Å². The predicted molar refractivity (Wildman–Crippen MR) is 82.9 cm³/mol. The minimum atomic E-state index is 0.104. The highest BCUT2D eigenvalue weighted by atomic mass is 35.5. The van der Waals surface area contributed by atoms with Crippen molar-refractivity contribution < 1.29 is 9.47 Å². The SMILES string of the molecule is COc1ccc(CNC2(CCl)CCCCC2)cc1OC. The molecule has 0 saturated heterocycles. The summed E-state index contributed by atoms with van der Waals surface area (Å²) in [5.41, 5.74) is 1.30. The molecule has 0 amide bonds. The molecule has 112 valence electrons. The molecule has 1 aliphatic rings. The van der Waals surface area contributed by atoms with Crippen molar-refractivity contribution in [2.24, 2.45) is 0 Å². The third kappa shape index (κ3) is 3.58. The van der Waals surface area contributed by atoms with Crippen molar-refractivity contribution >= 4 is 11.6 Å². The third-order valence-corrected chi connectivity index (χ3v) is 4.69. The van der Waals surface area contributed by atoms with Crippen molar-refractivity contribution in [3.63, 3.8) is 0 Å². The molecule has 0 bridgehead atoms. The molecule has 1 aromatic carbocycles. The normalized spacial score (nSPS) is 17.8. The fourth-order valence-corrected chi connectivity index (χ4v) is 3.23. The molecule has 2 rings (SSSR count). The molecule has 0 atom stereocenters. The number of hydrogen-bond acceptors (Lipinski definition) is 3. The van der Waals surface area contributed by atoms with Gasteiger partial charge < -0.3 is 14.8 Å². The van der Waals surface area contributed by atoms with Gasteiger partial charge in [-0.1, -0.05) is 25.3 Å². The molecule has 1 N–H and O–H groups in total. The number of methoxy groups -OCH3 is 2. The van der Waals surface area contributed by atoms with E-state index in [2.05, 4.69) is 11.4 Å². The van der Waals surface area contributed by atoms with E-state index in [1.54, 1.807) is 14.2 Å². The van der Waals surface area contributed by atoms with Gasteiger partial charge in [0.1, 0.15) is 0 Å². The maximum Gasteiger partial charge on any atom is 0.161 e. The summed E-state index contributed by atoms with van der Waals surface area (Å²) in [5.74, 6) is 2.22. The Morgan fingerprint density at radius 2 is 1.80 bits per heavy atom. The molecule has 0 aliphatic heterocycles. The first kappa shape index (κ1) is 15.5. The van der Waals surface area contributed by atoms with Crippen molar-refractivity contribution in [1.82, 2.24) is 5.32 Å². The average Bonchev–Trinajstić information content (AvgIpc) is 2.53. The first-order valence-corrected chi connectivity index (χ1v) is 7.78. The molecular weight excluding hydrogens is 274 g/mol. The summed E-state index contributed by atoms with van der Waals surface area (Å²) in [7, 11) is 3.32. The van der Waals surface area contributed by atoms with Crippen LogP contribution < -0.4 is 14.8 Å². The van der Waals surface area contributed by atoms with E-state index in [1.807, 2.05) is 12.1 Å². The lowest BCUT2D eigenvalue weighted by Gasteiger charge is -2.36. The Labute approximate surface area is 126 Å². The van der Waals surface area contributed by atoms with Gasteiger partial charge in [0, 0.05) is 18.0 Å². The Bertz CT molecular complexity index is 430. The second-order valence-electron chi connectivity index (χ2n) is 5.52. The summed E-state index contributed by atoms with van der Waals surface area (Å²) in [4.78, 5) is 0. The van der Waals surface area contributed by atoms with Crippen molar-refractivity contribution in [3.05, 3.63) is 23.8 Å². The molecule has 4 heteroatoms. The van der Waals surface area contributed by atoms with E-state index in [0.29, 0.717) is 5.88 Å². The second-order valence-corrected chi connectivity index (χ2v) is 5.78. The van der Waals surface area contributed by atoms with Gasteiger partial charge in [-0.25, -0.2) is 0 Å². The Balaban J connectivity index is 2.02. The first-order valence-electron chi connectivity index (χ1n) is 7.25. The molecule has 1 aromatic rings. The van der Waals surface area contributed by atoms with E-state index in [9.17, 15) is 0 Å². The van der Waals surface area contributed by atoms with Crippen LogP contribution >= 0.6 is 11.6 Å². The molecule has 0 spiro atoms. The summed E-state index contributed by atoms with van der Waals surface area (Å²) in [6, 6.07) is 6.04. The van der Waals surface area contributed by atoms with Crippen LogP contribution in [0.25, 0.3) is 0 Å². The standard InChI is InChI=1S/C16H24ClNO2/c1-19-14-7-6-13(10-15(14)20-2)11-18-16(12-17)8-4-3-5-9-16/h6-7,10,18H,3-5,8-9,11-12H2,1-2H3. The van der Waals surface area contributed by atoms with E-state index in [1.165, 1.54) is 37.7 Å². The third-order valence-electron chi connectivity index (χ3n) is 4.18. The van der Waals surface area contributed by atoms with Gasteiger partial charge in [0.25, 0.3) is 0 Å². The summed E-state index contributed by atoms with van der Waals surface area (Å²) < 4.78 is 10.6. The fraction of sp³-hybridized carbons (Fsp3) is 0.625. The first-order chi connectivity index (χ1) is 9.73. The van der Waals surface area contributed by atoms with Gasteiger partial charge in [0.15, 0.2) is 11.5 Å². The largest absolute Gasteiger partial charge is 0.493 e. The van der Waals surface area contributed by atoms with Gasteiger partial charge >= 0.3 is 0 Å². The van der Waals surface area contributed by atoms with Crippen molar-refractivity contribution in [1.29, 1.82) is 0 Å². The lowest BCUT2D eigenvalue weighted by Crippen LogP contribution is -2.48. The van der Waals surface area contributed by atoms with Crippen molar-refractivity contribution in [3.8, 4) is 11.5 Å². The molecular formula is C16H24ClNO2. The van der Waals surface area contributed by atoms with E-state index in [-0.39, 0.29) is 5.54 Å². The highest BCUT2D eigenvalue weighted by Crippen LogP contribution is 2.31. The molecule has 1 fully saturated rings. The van der Waals surface area contributed by atoms with Gasteiger partial charge in [-0.3, -0.25) is 0 Å². The van der Waals surface area contributed by atoms with Crippen LogP contribution in [0.5, 0.6) is 11.5 Å². The van der Waals surface area contributed by atoms with Crippen LogP contribution in [0, 0.1) is 0 Å². The average molecular weight is 298 g/mol. The van der Waals surface area contributed by atoms with Crippen LogP contribution in [0.2, 0.25) is 0 Å². The highest BCUT2D eigenvalue weighted by Gasteiger charge is 2.30. The van der Waals surface area contributed by atoms with Crippen LogP contribution in [0.4, 0.5) is 0 Å². The van der Waals surface area contributed by atoms with Gasteiger partial charge in [-0.15, -0.1) is 11.6 Å². The maximum atomic E-state index is 6.20. The van der Waals surface area contributed by atoms with Crippen LogP contribution in [0.3, 0.4) is 0 Å². The maximum absolute atomic E-state index is 6.20. The number of ether oxygens (including phenoxy) is 2. The van der Waals surface area contributed by atoms with Gasteiger partial charge in [0.05, 0.1) is 14.2 Å². The van der Waals surface area contributed by atoms with Gasteiger partial charge in [-0.2, -0.15) is 0 Å². The number of benzene rings is 1. The minimum Gasteiger partial charge on any atom is -0.493 e. The van der Waals surface area contributed by atoms with Crippen molar-refractivity contribution in [2.45, 2.75) is 44.2 Å². The quantitative estimate of drug-likeness (QED) is 0.812. The number of alkyl halides is 1. The number of halogens is 1. The van der Waals surface area contributed by atoms with E-state index in [0.717, 1.165) is 18.0 Å². The molecule has 1 saturated carbocycles. The Kier molecular flexibility index (Phi) is 5.55. The molecule has 0 radical (unpaired) electrons. The zero-order valence-electron chi connectivity index (χ0n) is 12.4. The molecule has 1 aliphatic carbocycles. The summed E-state index contributed by atoms with van der Waals surface area (Å²) in [5, 5.41) is 3.66. The molecule has 3 nitrogen and oxygen atoms in total. The van der Waals surface area contributed by atoms with Gasteiger partial charge in [0.2, 0.25) is 0 Å². The summed E-state index contributed by atoms with van der Waals surface area (Å²) in [6.45, 7) is 0.813. The smallest absolute Gasteiger partial charge is 0.161 e. The second kappa shape index (κ2) is 7.19. The Hall–Kier alpha value is -0.930. The van der Waals surface area contributed by atoms with Crippen LogP contribution in [-0.4, -0.2) is 25.6 Å². The highest BCUT2D eigenvalue weighted by molar-refractivity contribution is 6.18. The number of rotatable bonds is 6. The Morgan fingerprint density at radius 3 is 2.40 bits per heavy atom. The van der Waals surface area contributed by atoms with Crippen LogP contribution in [0.15, 0.2) is 18.2 Å². The summed E-state index contributed by atoms with van der Waals surface area (Å²) in [6.07, 6.45) is 6.21. The monoisotopic (exact) mass is 297 g/mol. The van der Waals surface area contributed by atoms with E-state index in [4.69, 9.17) is 21.1 Å². The molecule has 0 aromatic heterocycles. The number of nitrogens with one attached hydrogen (secondary N) is 1. The number of hydrogen-bond donors (Lipinski definition) is 1. The zero-order chi connectivity index (χ0) is 14.4. The summed E-state index contributed by atoms with van der Waals surface area (Å²) >= 11 is 6.20. The van der Waals surface area contributed by atoms with Crippen LogP contribution in [0.1, 0.15) is 37.7 Å². The fourth-order valence-electron chi connectivity index (χ4n) is 2.87. The van der Waals surface area contributed by atoms with E-state index >= 15 is 0 Å². The molecule has 20 heavy (non-hydrogen) atoms.